The summed E-state index contributed by atoms with van der Waals surface area (Å²) in [6.07, 6.45) is 0. The third kappa shape index (κ3) is 4.33. The molecule has 1 aromatic carbocycles. The Hall–Kier alpha value is -1.04. The van der Waals surface area contributed by atoms with E-state index in [2.05, 4.69) is 0 Å². The van der Waals surface area contributed by atoms with E-state index in [0.717, 1.165) is 5.69 Å². The summed E-state index contributed by atoms with van der Waals surface area (Å²) in [5.41, 5.74) is 1.05. The molecule has 1 aromatic rings. The zero-order valence-corrected chi connectivity index (χ0v) is 8.67. The second kappa shape index (κ2) is 7.28. The quantitative estimate of drug-likeness (QED) is 0.480. The normalized spacial score (nSPS) is 10.0. The number of hydrogen-bond donors (Lipinski definition) is 2. The topological polar surface area (TPSA) is 52.9 Å². The van der Waals surface area contributed by atoms with Crippen LogP contribution in [-0.4, -0.2) is 44.1 Å². The minimum Gasteiger partial charge on any atom is -0.430 e. The van der Waals surface area contributed by atoms with Crippen LogP contribution in [0.2, 0.25) is 0 Å². The van der Waals surface area contributed by atoms with Crippen molar-refractivity contribution in [2.45, 2.75) is 0 Å². The van der Waals surface area contributed by atoms with Crippen LogP contribution >= 0.6 is 0 Å². The lowest BCUT2D eigenvalue weighted by atomic mass is 10.3. The first-order chi connectivity index (χ1) is 7.38. The first-order valence-corrected chi connectivity index (χ1v) is 4.98. The largest absolute Gasteiger partial charge is 0.435 e. The van der Waals surface area contributed by atoms with Gasteiger partial charge in [0.2, 0.25) is 0 Å². The minimum atomic E-state index is -0.262. The molecule has 0 aliphatic carbocycles. The van der Waals surface area contributed by atoms with Gasteiger partial charge in [-0.3, -0.25) is 0 Å². The van der Waals surface area contributed by atoms with E-state index in [-0.39, 0.29) is 14.3 Å². The third-order valence-electron chi connectivity index (χ3n) is 2.09. The standard InChI is InChI=1S/C10H16BNO3/c13-8-6-12(7-9-15-11-14)10-4-2-1-3-5-10/h1-5,11,13-14H,6-9H2. The molecular weight excluding hydrogens is 193 g/mol. The van der Waals surface area contributed by atoms with E-state index in [4.69, 9.17) is 14.8 Å². The first-order valence-electron chi connectivity index (χ1n) is 4.98. The van der Waals surface area contributed by atoms with E-state index in [1.165, 1.54) is 0 Å². The number of nitrogens with zero attached hydrogens (tertiary/aromatic N) is 1. The lowest BCUT2D eigenvalue weighted by molar-refractivity contribution is 0.277. The Bertz CT molecular complexity index is 258. The number of anilines is 1. The van der Waals surface area contributed by atoms with Crippen LogP contribution in [0.1, 0.15) is 0 Å². The fraction of sp³-hybridized carbons (Fsp3) is 0.400. The number of hydrogen-bond acceptors (Lipinski definition) is 4. The van der Waals surface area contributed by atoms with Crippen molar-refractivity contribution in [3.8, 4) is 0 Å². The van der Waals surface area contributed by atoms with Crippen molar-refractivity contribution in [2.24, 2.45) is 0 Å². The van der Waals surface area contributed by atoms with E-state index in [0.29, 0.717) is 19.7 Å². The van der Waals surface area contributed by atoms with Crippen LogP contribution in [-0.2, 0) is 4.65 Å². The van der Waals surface area contributed by atoms with Crippen molar-refractivity contribution in [1.82, 2.24) is 0 Å². The van der Waals surface area contributed by atoms with Gasteiger partial charge in [-0.05, 0) is 12.1 Å². The van der Waals surface area contributed by atoms with Crippen LogP contribution in [0.25, 0.3) is 0 Å². The molecule has 0 saturated carbocycles. The SMILES string of the molecule is OBOCCN(CCO)c1ccccc1. The van der Waals surface area contributed by atoms with Crippen molar-refractivity contribution in [1.29, 1.82) is 0 Å². The number of rotatable bonds is 7. The Labute approximate surface area is 90.4 Å². The molecule has 1 rings (SSSR count). The average Bonchev–Trinajstić information content (AvgIpc) is 2.29. The molecule has 0 aliphatic heterocycles. The van der Waals surface area contributed by atoms with E-state index in [1.54, 1.807) is 0 Å². The summed E-state index contributed by atoms with van der Waals surface area (Å²) >= 11 is 0. The van der Waals surface area contributed by atoms with Crippen LogP contribution in [0.15, 0.2) is 30.3 Å². The molecule has 0 amide bonds. The van der Waals surface area contributed by atoms with Gasteiger partial charge in [-0.15, -0.1) is 0 Å². The molecule has 15 heavy (non-hydrogen) atoms. The minimum absolute atomic E-state index is 0.105. The fourth-order valence-electron chi connectivity index (χ4n) is 1.37. The van der Waals surface area contributed by atoms with Gasteiger partial charge in [0.25, 0.3) is 0 Å². The van der Waals surface area contributed by atoms with Gasteiger partial charge >= 0.3 is 7.69 Å². The lowest BCUT2D eigenvalue weighted by Crippen LogP contribution is -2.30. The summed E-state index contributed by atoms with van der Waals surface area (Å²) in [6, 6.07) is 9.81. The Morgan fingerprint density at radius 1 is 1.20 bits per heavy atom. The van der Waals surface area contributed by atoms with Crippen molar-refractivity contribution < 1.29 is 14.8 Å². The molecule has 0 heterocycles. The van der Waals surface area contributed by atoms with E-state index < -0.39 is 0 Å². The highest BCUT2D eigenvalue weighted by Crippen LogP contribution is 2.11. The molecule has 0 radical (unpaired) electrons. The van der Waals surface area contributed by atoms with Gasteiger partial charge in [-0.2, -0.15) is 0 Å². The number of benzene rings is 1. The van der Waals surface area contributed by atoms with E-state index in [1.807, 2.05) is 35.2 Å². The Morgan fingerprint density at radius 3 is 2.53 bits per heavy atom. The summed E-state index contributed by atoms with van der Waals surface area (Å²) < 4.78 is 4.86. The van der Waals surface area contributed by atoms with Crippen LogP contribution in [0.5, 0.6) is 0 Å². The van der Waals surface area contributed by atoms with Gasteiger partial charge in [0.1, 0.15) is 0 Å². The lowest BCUT2D eigenvalue weighted by Gasteiger charge is -2.23. The summed E-state index contributed by atoms with van der Waals surface area (Å²) in [7, 11) is -0.262. The highest BCUT2D eigenvalue weighted by Gasteiger charge is 2.04. The highest BCUT2D eigenvalue weighted by atomic mass is 16.5. The maximum atomic E-state index is 8.92. The molecule has 0 aliphatic rings. The zero-order valence-electron chi connectivity index (χ0n) is 8.67. The third-order valence-corrected chi connectivity index (χ3v) is 2.09. The van der Waals surface area contributed by atoms with Crippen molar-refractivity contribution >= 4 is 13.4 Å². The smallest absolute Gasteiger partial charge is 0.430 e. The number of aliphatic hydroxyl groups excluding tert-OH is 1. The summed E-state index contributed by atoms with van der Waals surface area (Å²) in [4.78, 5) is 2.01. The summed E-state index contributed by atoms with van der Waals surface area (Å²) in [6.45, 7) is 1.78. The molecule has 0 bridgehead atoms. The molecule has 0 spiro atoms. The molecule has 2 N–H and O–H groups in total. The van der Waals surface area contributed by atoms with Crippen LogP contribution in [0.3, 0.4) is 0 Å². The second-order valence-corrected chi connectivity index (χ2v) is 3.08. The van der Waals surface area contributed by atoms with Gasteiger partial charge in [0.15, 0.2) is 0 Å². The van der Waals surface area contributed by atoms with Gasteiger partial charge < -0.3 is 19.7 Å². The van der Waals surface area contributed by atoms with Gasteiger partial charge in [0, 0.05) is 25.4 Å². The Morgan fingerprint density at radius 2 is 1.93 bits per heavy atom. The monoisotopic (exact) mass is 209 g/mol. The summed E-state index contributed by atoms with van der Waals surface area (Å²) in [5, 5.41) is 17.4. The predicted molar refractivity (Wildman–Crippen MR) is 61.1 cm³/mol. The number of aliphatic hydroxyl groups is 1. The Balaban J connectivity index is 2.50. The molecule has 0 aromatic heterocycles. The second-order valence-electron chi connectivity index (χ2n) is 3.08. The van der Waals surface area contributed by atoms with Crippen LogP contribution in [0, 0.1) is 0 Å². The molecular formula is C10H16BNO3. The Kier molecular flexibility index (Phi) is 5.84. The molecule has 82 valence electrons. The van der Waals surface area contributed by atoms with Gasteiger partial charge in [0.05, 0.1) is 6.61 Å². The molecule has 0 atom stereocenters. The zero-order chi connectivity index (χ0) is 10.9. The average molecular weight is 209 g/mol. The predicted octanol–water partition coefficient (Wildman–Crippen LogP) is -0.239. The van der Waals surface area contributed by atoms with Gasteiger partial charge in [-0.1, -0.05) is 18.2 Å². The maximum Gasteiger partial charge on any atom is 0.435 e. The van der Waals surface area contributed by atoms with Crippen LogP contribution < -0.4 is 4.90 Å². The van der Waals surface area contributed by atoms with Crippen LogP contribution in [0.4, 0.5) is 5.69 Å². The molecule has 4 nitrogen and oxygen atoms in total. The maximum absolute atomic E-state index is 8.92. The molecule has 0 saturated heterocycles. The van der Waals surface area contributed by atoms with Crippen molar-refractivity contribution in [3.05, 3.63) is 30.3 Å². The van der Waals surface area contributed by atoms with E-state index in [9.17, 15) is 0 Å². The molecule has 5 heteroatoms. The molecule has 0 fully saturated rings. The number of para-hydroxylation sites is 1. The first kappa shape index (κ1) is 12.0. The van der Waals surface area contributed by atoms with Crippen molar-refractivity contribution in [2.75, 3.05) is 31.2 Å². The van der Waals surface area contributed by atoms with Crippen molar-refractivity contribution in [3.63, 3.8) is 0 Å². The fourth-order valence-corrected chi connectivity index (χ4v) is 1.37. The molecule has 0 unspecified atom stereocenters. The van der Waals surface area contributed by atoms with E-state index >= 15 is 0 Å². The highest BCUT2D eigenvalue weighted by molar-refractivity contribution is 6.15. The summed E-state index contributed by atoms with van der Waals surface area (Å²) in [5.74, 6) is 0. The van der Waals surface area contributed by atoms with Gasteiger partial charge in [-0.25, -0.2) is 0 Å².